The maximum Gasteiger partial charge on any atom is 0.324 e. The highest BCUT2D eigenvalue weighted by Crippen LogP contribution is 2.32. The maximum atomic E-state index is 11.9. The third-order valence-electron chi connectivity index (χ3n) is 2.93. The van der Waals surface area contributed by atoms with E-state index in [9.17, 15) is 10.1 Å². The van der Waals surface area contributed by atoms with E-state index in [1.807, 2.05) is 44.2 Å². The summed E-state index contributed by atoms with van der Waals surface area (Å²) >= 11 is 1.43. The number of hydrogen-bond donors (Lipinski definition) is 2. The molecule has 1 aromatic carbocycles. The lowest BCUT2D eigenvalue weighted by Gasteiger charge is -2.06. The number of carbonyl (C=O) groups is 1. The van der Waals surface area contributed by atoms with Crippen LogP contribution in [0.25, 0.3) is 0 Å². The predicted molar refractivity (Wildman–Crippen MR) is 82.2 cm³/mol. The summed E-state index contributed by atoms with van der Waals surface area (Å²) in [7, 11) is 0. The number of carbonyl (C=O) groups excluding carboxylic acids is 1. The normalized spacial score (nSPS) is 9.85. The summed E-state index contributed by atoms with van der Waals surface area (Å²) in [6.45, 7) is 3.97. The van der Waals surface area contributed by atoms with E-state index in [0.29, 0.717) is 16.3 Å². The van der Waals surface area contributed by atoms with Crippen molar-refractivity contribution in [3.05, 3.63) is 46.3 Å². The first-order valence-corrected chi connectivity index (χ1v) is 7.12. The Morgan fingerprint density at radius 1 is 1.30 bits per heavy atom. The van der Waals surface area contributed by atoms with Crippen molar-refractivity contribution in [2.75, 3.05) is 10.6 Å². The number of benzene rings is 1. The van der Waals surface area contributed by atoms with Crippen LogP contribution in [0.3, 0.4) is 0 Å². The number of urea groups is 1. The van der Waals surface area contributed by atoms with Gasteiger partial charge in [0.15, 0.2) is 0 Å². The Morgan fingerprint density at radius 2 is 2.00 bits per heavy atom. The SMILES string of the molecule is CCc1c(C)sc(NC(=O)Nc2ccccc2)c1C#N. The van der Waals surface area contributed by atoms with Crippen LogP contribution in [0.5, 0.6) is 0 Å². The molecule has 0 spiro atoms. The van der Waals surface area contributed by atoms with Crippen LogP contribution >= 0.6 is 11.3 Å². The van der Waals surface area contributed by atoms with Crippen molar-refractivity contribution in [1.82, 2.24) is 0 Å². The van der Waals surface area contributed by atoms with E-state index < -0.39 is 0 Å². The third-order valence-corrected chi connectivity index (χ3v) is 4.00. The highest BCUT2D eigenvalue weighted by atomic mass is 32.1. The summed E-state index contributed by atoms with van der Waals surface area (Å²) in [6.07, 6.45) is 0.785. The third kappa shape index (κ3) is 2.98. The summed E-state index contributed by atoms with van der Waals surface area (Å²) in [6, 6.07) is 11.0. The minimum atomic E-state index is -0.336. The van der Waals surface area contributed by atoms with E-state index in [-0.39, 0.29) is 6.03 Å². The Kier molecular flexibility index (Phi) is 4.38. The van der Waals surface area contributed by atoms with Crippen LogP contribution in [0.2, 0.25) is 0 Å². The maximum absolute atomic E-state index is 11.9. The van der Waals surface area contributed by atoms with E-state index in [2.05, 4.69) is 16.7 Å². The molecule has 5 heteroatoms. The fourth-order valence-corrected chi connectivity index (χ4v) is 3.09. The van der Waals surface area contributed by atoms with Crippen LogP contribution in [0.1, 0.15) is 22.9 Å². The molecule has 102 valence electrons. The van der Waals surface area contributed by atoms with Gasteiger partial charge in [-0.2, -0.15) is 5.26 Å². The lowest BCUT2D eigenvalue weighted by atomic mass is 10.1. The molecule has 2 aromatic rings. The number of thiophene rings is 1. The van der Waals surface area contributed by atoms with Crippen molar-refractivity contribution in [1.29, 1.82) is 5.26 Å². The lowest BCUT2D eigenvalue weighted by molar-refractivity contribution is 0.262. The highest BCUT2D eigenvalue weighted by molar-refractivity contribution is 7.16. The van der Waals surface area contributed by atoms with Crippen molar-refractivity contribution in [3.8, 4) is 6.07 Å². The van der Waals surface area contributed by atoms with Crippen molar-refractivity contribution < 1.29 is 4.79 Å². The van der Waals surface area contributed by atoms with Gasteiger partial charge in [0.1, 0.15) is 11.1 Å². The van der Waals surface area contributed by atoms with Crippen LogP contribution in [0, 0.1) is 18.3 Å². The van der Waals surface area contributed by atoms with Gasteiger partial charge in [0.05, 0.1) is 5.56 Å². The summed E-state index contributed by atoms with van der Waals surface area (Å²) in [5.41, 5.74) is 2.29. The quantitative estimate of drug-likeness (QED) is 0.890. The molecule has 0 atom stereocenters. The number of hydrogen-bond acceptors (Lipinski definition) is 3. The van der Waals surface area contributed by atoms with Gasteiger partial charge in [-0.3, -0.25) is 5.32 Å². The van der Waals surface area contributed by atoms with Gasteiger partial charge in [-0.25, -0.2) is 4.79 Å². The summed E-state index contributed by atoms with van der Waals surface area (Å²) in [5, 5.41) is 15.3. The largest absolute Gasteiger partial charge is 0.324 e. The number of nitrogens with one attached hydrogen (secondary N) is 2. The molecular weight excluding hydrogens is 270 g/mol. The smallest absolute Gasteiger partial charge is 0.308 e. The Morgan fingerprint density at radius 3 is 2.60 bits per heavy atom. The number of amides is 2. The monoisotopic (exact) mass is 285 g/mol. The van der Waals surface area contributed by atoms with Crippen LogP contribution in [-0.4, -0.2) is 6.03 Å². The first-order chi connectivity index (χ1) is 9.65. The molecule has 0 radical (unpaired) electrons. The zero-order valence-electron chi connectivity index (χ0n) is 11.4. The van der Waals surface area contributed by atoms with Crippen molar-refractivity contribution in [2.24, 2.45) is 0 Å². The Bertz CT molecular complexity index is 656. The van der Waals surface area contributed by atoms with Crippen LogP contribution < -0.4 is 10.6 Å². The molecule has 0 aliphatic heterocycles. The Balaban J connectivity index is 2.15. The van der Waals surface area contributed by atoms with Crippen molar-refractivity contribution in [2.45, 2.75) is 20.3 Å². The molecule has 2 rings (SSSR count). The zero-order valence-corrected chi connectivity index (χ0v) is 12.2. The van der Waals surface area contributed by atoms with Gasteiger partial charge >= 0.3 is 6.03 Å². The lowest BCUT2D eigenvalue weighted by Crippen LogP contribution is -2.19. The molecule has 0 aliphatic rings. The predicted octanol–water partition coefficient (Wildman–Crippen LogP) is 4.13. The van der Waals surface area contributed by atoms with Gasteiger partial charge < -0.3 is 5.32 Å². The first-order valence-electron chi connectivity index (χ1n) is 6.31. The number of aryl methyl sites for hydroxylation is 1. The standard InChI is InChI=1S/C15H15N3OS/c1-3-12-10(2)20-14(13(12)9-16)18-15(19)17-11-7-5-4-6-8-11/h4-8H,3H2,1-2H3,(H2,17,18,19). The molecule has 2 amide bonds. The van der Waals surface area contributed by atoms with Gasteiger partial charge in [0.25, 0.3) is 0 Å². The van der Waals surface area contributed by atoms with Crippen LogP contribution in [0.15, 0.2) is 30.3 Å². The van der Waals surface area contributed by atoms with E-state index in [0.717, 1.165) is 16.9 Å². The van der Waals surface area contributed by atoms with E-state index in [4.69, 9.17) is 0 Å². The molecule has 0 fully saturated rings. The molecule has 2 N–H and O–H groups in total. The van der Waals surface area contributed by atoms with Gasteiger partial charge in [0, 0.05) is 10.6 Å². The fourth-order valence-electron chi connectivity index (χ4n) is 2.00. The van der Waals surface area contributed by atoms with E-state index in [1.54, 1.807) is 0 Å². The highest BCUT2D eigenvalue weighted by Gasteiger charge is 2.16. The van der Waals surface area contributed by atoms with E-state index in [1.165, 1.54) is 11.3 Å². The number of anilines is 2. The second-order valence-corrected chi connectivity index (χ2v) is 5.48. The first kappa shape index (κ1) is 14.1. The minimum absolute atomic E-state index is 0.336. The number of rotatable bonds is 3. The Hall–Kier alpha value is -2.32. The molecule has 0 saturated carbocycles. The minimum Gasteiger partial charge on any atom is -0.308 e. The summed E-state index contributed by atoms with van der Waals surface area (Å²) in [5.74, 6) is 0. The zero-order chi connectivity index (χ0) is 14.5. The molecule has 0 unspecified atom stereocenters. The molecule has 1 aromatic heterocycles. The molecule has 20 heavy (non-hydrogen) atoms. The Labute approximate surface area is 122 Å². The molecule has 1 heterocycles. The van der Waals surface area contributed by atoms with Gasteiger partial charge in [-0.05, 0) is 31.0 Å². The molecule has 0 aliphatic carbocycles. The fraction of sp³-hybridized carbons (Fsp3) is 0.200. The molecule has 0 bridgehead atoms. The average molecular weight is 285 g/mol. The number of nitriles is 1. The number of nitrogens with zero attached hydrogens (tertiary/aromatic N) is 1. The van der Waals surface area contributed by atoms with Gasteiger partial charge in [-0.1, -0.05) is 25.1 Å². The second-order valence-electron chi connectivity index (χ2n) is 4.25. The molecule has 0 saturated heterocycles. The van der Waals surface area contributed by atoms with E-state index >= 15 is 0 Å². The number of para-hydroxylation sites is 1. The van der Waals surface area contributed by atoms with Crippen molar-refractivity contribution >= 4 is 28.1 Å². The summed E-state index contributed by atoms with van der Waals surface area (Å²) < 4.78 is 0. The second kappa shape index (κ2) is 6.22. The van der Waals surface area contributed by atoms with Gasteiger partial charge in [0.2, 0.25) is 0 Å². The van der Waals surface area contributed by atoms with Gasteiger partial charge in [-0.15, -0.1) is 11.3 Å². The molecular formula is C15H15N3OS. The summed E-state index contributed by atoms with van der Waals surface area (Å²) in [4.78, 5) is 13.0. The molecule has 4 nitrogen and oxygen atoms in total. The average Bonchev–Trinajstić information content (AvgIpc) is 2.74. The topological polar surface area (TPSA) is 64.9 Å². The van der Waals surface area contributed by atoms with Crippen LogP contribution in [-0.2, 0) is 6.42 Å². The van der Waals surface area contributed by atoms with Crippen LogP contribution in [0.4, 0.5) is 15.5 Å². The van der Waals surface area contributed by atoms with Crippen molar-refractivity contribution in [3.63, 3.8) is 0 Å².